The number of piperidine rings is 1. The van der Waals surface area contributed by atoms with Crippen molar-refractivity contribution in [3.8, 4) is 5.75 Å². The smallest absolute Gasteiger partial charge is 0.115 e. The first-order valence-corrected chi connectivity index (χ1v) is 8.37. The third-order valence-electron chi connectivity index (χ3n) is 5.03. The van der Waals surface area contributed by atoms with Crippen LogP contribution in [0.4, 0.5) is 0 Å². The van der Waals surface area contributed by atoms with Crippen LogP contribution in [0, 0.1) is 0 Å². The zero-order valence-electron chi connectivity index (χ0n) is 13.7. The Kier molecular flexibility index (Phi) is 4.69. The maximum absolute atomic E-state index is 10.9. The first kappa shape index (κ1) is 16.0. The van der Waals surface area contributed by atoms with Crippen molar-refractivity contribution in [3.05, 3.63) is 65.7 Å². The Balaban J connectivity index is 1.59. The van der Waals surface area contributed by atoms with Crippen molar-refractivity contribution in [1.29, 1.82) is 0 Å². The van der Waals surface area contributed by atoms with Gasteiger partial charge in [0, 0.05) is 19.1 Å². The molecule has 0 aliphatic carbocycles. The summed E-state index contributed by atoms with van der Waals surface area (Å²) in [5.74, 6) is 0.312. The Bertz CT molecular complexity index is 616. The average Bonchev–Trinajstić information content (AvgIpc) is 2.58. The van der Waals surface area contributed by atoms with E-state index in [0.717, 1.165) is 37.9 Å². The second-order valence-corrected chi connectivity index (χ2v) is 6.65. The standard InChI is InChI=1S/C20H25NO2/c1-16(15-17-7-9-19(22)10-8-17)21-13-11-20(23,12-14-21)18-5-3-2-4-6-18/h2-10,16,22-23H,11-15H2,1H3. The lowest BCUT2D eigenvalue weighted by Crippen LogP contribution is -2.46. The van der Waals surface area contributed by atoms with E-state index in [0.29, 0.717) is 11.8 Å². The summed E-state index contributed by atoms with van der Waals surface area (Å²) >= 11 is 0. The number of rotatable bonds is 4. The molecule has 1 heterocycles. The number of nitrogens with zero attached hydrogens (tertiary/aromatic N) is 1. The number of aromatic hydroxyl groups is 1. The Labute approximate surface area is 138 Å². The van der Waals surface area contributed by atoms with E-state index >= 15 is 0 Å². The normalized spacial score (nSPS) is 19.4. The van der Waals surface area contributed by atoms with Crippen molar-refractivity contribution in [2.24, 2.45) is 0 Å². The molecule has 0 radical (unpaired) electrons. The summed E-state index contributed by atoms with van der Waals surface area (Å²) in [6.07, 6.45) is 2.51. The van der Waals surface area contributed by atoms with Gasteiger partial charge < -0.3 is 15.1 Å². The van der Waals surface area contributed by atoms with E-state index in [9.17, 15) is 10.2 Å². The quantitative estimate of drug-likeness (QED) is 0.910. The highest BCUT2D eigenvalue weighted by Gasteiger charge is 2.34. The lowest BCUT2D eigenvalue weighted by molar-refractivity contribution is -0.0339. The van der Waals surface area contributed by atoms with Gasteiger partial charge in [0.05, 0.1) is 5.60 Å². The van der Waals surface area contributed by atoms with Crippen molar-refractivity contribution in [1.82, 2.24) is 4.90 Å². The van der Waals surface area contributed by atoms with Gasteiger partial charge in [-0.1, -0.05) is 42.5 Å². The van der Waals surface area contributed by atoms with Crippen LogP contribution in [0.3, 0.4) is 0 Å². The number of aliphatic hydroxyl groups is 1. The molecule has 1 unspecified atom stereocenters. The third-order valence-corrected chi connectivity index (χ3v) is 5.03. The van der Waals surface area contributed by atoms with Crippen LogP contribution in [0.2, 0.25) is 0 Å². The summed E-state index contributed by atoms with van der Waals surface area (Å²) in [6.45, 7) is 4.05. The molecule has 3 heteroatoms. The van der Waals surface area contributed by atoms with Gasteiger partial charge in [-0.15, -0.1) is 0 Å². The van der Waals surface area contributed by atoms with Crippen LogP contribution in [0.25, 0.3) is 0 Å². The summed E-state index contributed by atoms with van der Waals surface area (Å²) in [7, 11) is 0. The largest absolute Gasteiger partial charge is 0.508 e. The van der Waals surface area contributed by atoms with Gasteiger partial charge in [-0.05, 0) is 49.4 Å². The van der Waals surface area contributed by atoms with E-state index in [4.69, 9.17) is 0 Å². The van der Waals surface area contributed by atoms with Gasteiger partial charge in [-0.2, -0.15) is 0 Å². The maximum Gasteiger partial charge on any atom is 0.115 e. The molecular weight excluding hydrogens is 286 g/mol. The molecule has 0 aromatic heterocycles. The molecule has 0 amide bonds. The van der Waals surface area contributed by atoms with Crippen LogP contribution in [0.1, 0.15) is 30.9 Å². The zero-order chi connectivity index (χ0) is 16.3. The highest BCUT2D eigenvalue weighted by Crippen LogP contribution is 2.33. The van der Waals surface area contributed by atoms with Gasteiger partial charge in [-0.3, -0.25) is 0 Å². The molecule has 122 valence electrons. The van der Waals surface area contributed by atoms with Crippen LogP contribution in [-0.2, 0) is 12.0 Å². The highest BCUT2D eigenvalue weighted by molar-refractivity contribution is 5.26. The molecule has 1 fully saturated rings. The monoisotopic (exact) mass is 311 g/mol. The van der Waals surface area contributed by atoms with Crippen molar-refractivity contribution in [3.63, 3.8) is 0 Å². The molecule has 1 aliphatic heterocycles. The Hall–Kier alpha value is -1.84. The molecule has 23 heavy (non-hydrogen) atoms. The van der Waals surface area contributed by atoms with E-state index in [1.54, 1.807) is 12.1 Å². The van der Waals surface area contributed by atoms with Gasteiger partial charge in [0.25, 0.3) is 0 Å². The molecule has 0 spiro atoms. The summed E-state index contributed by atoms with van der Waals surface area (Å²) in [6, 6.07) is 17.9. The van der Waals surface area contributed by atoms with E-state index in [1.807, 2.05) is 42.5 Å². The topological polar surface area (TPSA) is 43.7 Å². The fourth-order valence-corrected chi connectivity index (χ4v) is 3.47. The SMILES string of the molecule is CC(Cc1ccc(O)cc1)N1CCC(O)(c2ccccc2)CC1. The molecular formula is C20H25NO2. The number of likely N-dealkylation sites (tertiary alicyclic amines) is 1. The molecule has 1 saturated heterocycles. The Morgan fingerprint density at radius 2 is 1.61 bits per heavy atom. The summed E-state index contributed by atoms with van der Waals surface area (Å²) in [5, 5.41) is 20.3. The molecule has 2 aromatic carbocycles. The van der Waals surface area contributed by atoms with Crippen LogP contribution in [-0.4, -0.2) is 34.2 Å². The third kappa shape index (κ3) is 3.74. The second-order valence-electron chi connectivity index (χ2n) is 6.65. The zero-order valence-corrected chi connectivity index (χ0v) is 13.7. The van der Waals surface area contributed by atoms with Gasteiger partial charge in [-0.25, -0.2) is 0 Å². The minimum absolute atomic E-state index is 0.312. The fourth-order valence-electron chi connectivity index (χ4n) is 3.47. The molecule has 3 rings (SSSR count). The number of hydrogen-bond acceptors (Lipinski definition) is 3. The van der Waals surface area contributed by atoms with Crippen molar-refractivity contribution >= 4 is 0 Å². The minimum Gasteiger partial charge on any atom is -0.508 e. The van der Waals surface area contributed by atoms with Crippen molar-refractivity contribution in [2.45, 2.75) is 37.8 Å². The van der Waals surface area contributed by atoms with E-state index in [2.05, 4.69) is 11.8 Å². The van der Waals surface area contributed by atoms with Gasteiger partial charge in [0.15, 0.2) is 0 Å². The lowest BCUT2D eigenvalue weighted by atomic mass is 9.84. The number of phenolic OH excluding ortho intramolecular Hbond substituents is 1. The predicted octanol–water partition coefficient (Wildman–Crippen LogP) is 3.31. The molecule has 1 aliphatic rings. The molecule has 3 nitrogen and oxygen atoms in total. The van der Waals surface area contributed by atoms with Crippen molar-refractivity contribution in [2.75, 3.05) is 13.1 Å². The number of benzene rings is 2. The van der Waals surface area contributed by atoms with Gasteiger partial charge >= 0.3 is 0 Å². The Morgan fingerprint density at radius 1 is 1.00 bits per heavy atom. The van der Waals surface area contributed by atoms with Crippen molar-refractivity contribution < 1.29 is 10.2 Å². The molecule has 2 N–H and O–H groups in total. The average molecular weight is 311 g/mol. The molecule has 0 bridgehead atoms. The van der Waals surface area contributed by atoms with Crippen LogP contribution in [0.15, 0.2) is 54.6 Å². The maximum atomic E-state index is 10.9. The number of phenols is 1. The molecule has 2 aromatic rings. The second kappa shape index (κ2) is 6.73. The fraction of sp³-hybridized carbons (Fsp3) is 0.400. The first-order chi connectivity index (χ1) is 11.1. The molecule has 0 saturated carbocycles. The number of hydrogen-bond donors (Lipinski definition) is 2. The van der Waals surface area contributed by atoms with Crippen LogP contribution >= 0.6 is 0 Å². The Morgan fingerprint density at radius 3 is 2.22 bits per heavy atom. The first-order valence-electron chi connectivity index (χ1n) is 8.37. The van der Waals surface area contributed by atoms with E-state index in [-0.39, 0.29) is 0 Å². The summed E-state index contributed by atoms with van der Waals surface area (Å²) in [4.78, 5) is 2.45. The molecule has 1 atom stereocenters. The van der Waals surface area contributed by atoms with Crippen LogP contribution in [0.5, 0.6) is 5.75 Å². The van der Waals surface area contributed by atoms with Gasteiger partial charge in [0.1, 0.15) is 5.75 Å². The predicted molar refractivity (Wildman–Crippen MR) is 92.4 cm³/mol. The highest BCUT2D eigenvalue weighted by atomic mass is 16.3. The van der Waals surface area contributed by atoms with E-state index in [1.165, 1.54) is 5.56 Å². The van der Waals surface area contributed by atoms with Crippen LogP contribution < -0.4 is 0 Å². The summed E-state index contributed by atoms with van der Waals surface area (Å²) < 4.78 is 0. The lowest BCUT2D eigenvalue weighted by Gasteiger charge is -2.41. The van der Waals surface area contributed by atoms with Gasteiger partial charge in [0.2, 0.25) is 0 Å². The van der Waals surface area contributed by atoms with E-state index < -0.39 is 5.60 Å². The minimum atomic E-state index is -0.685. The summed E-state index contributed by atoms with van der Waals surface area (Å²) in [5.41, 5.74) is 1.58.